The van der Waals surface area contributed by atoms with E-state index < -0.39 is 5.97 Å². The normalized spacial score (nSPS) is 27.8. The highest BCUT2D eigenvalue weighted by Crippen LogP contribution is 2.52. The third-order valence-corrected chi connectivity index (χ3v) is 5.36. The van der Waals surface area contributed by atoms with Crippen LogP contribution in [-0.2, 0) is 9.53 Å². The second-order valence-corrected chi connectivity index (χ2v) is 8.76. The van der Waals surface area contributed by atoms with Crippen LogP contribution < -0.4 is 0 Å². The molecule has 1 saturated heterocycles. The fraction of sp³-hybridized carbons (Fsp3) is 0.579. The van der Waals surface area contributed by atoms with E-state index in [1.165, 1.54) is 0 Å². The van der Waals surface area contributed by atoms with Gasteiger partial charge in [0.15, 0.2) is 6.61 Å². The minimum Gasteiger partial charge on any atom is -0.452 e. The molecule has 0 aromatic heterocycles. The minimum atomic E-state index is -0.514. The molecule has 2 atom stereocenters. The third-order valence-electron chi connectivity index (χ3n) is 5.12. The quantitative estimate of drug-likeness (QED) is 0.777. The first-order chi connectivity index (χ1) is 11.2. The van der Waals surface area contributed by atoms with Gasteiger partial charge in [0.05, 0.1) is 5.56 Å². The van der Waals surface area contributed by atoms with Crippen molar-refractivity contribution in [3.63, 3.8) is 0 Å². The van der Waals surface area contributed by atoms with Crippen molar-refractivity contribution in [3.8, 4) is 0 Å². The van der Waals surface area contributed by atoms with E-state index in [2.05, 4.69) is 20.8 Å². The highest BCUT2D eigenvalue weighted by atomic mass is 35.5. The molecule has 1 heterocycles. The Labute approximate surface area is 148 Å². The van der Waals surface area contributed by atoms with E-state index >= 15 is 0 Å². The molecule has 2 fully saturated rings. The van der Waals surface area contributed by atoms with Crippen LogP contribution in [-0.4, -0.2) is 36.0 Å². The van der Waals surface area contributed by atoms with Crippen molar-refractivity contribution in [2.45, 2.75) is 46.1 Å². The van der Waals surface area contributed by atoms with E-state index in [1.54, 1.807) is 24.3 Å². The van der Waals surface area contributed by atoms with Crippen molar-refractivity contribution < 1.29 is 14.3 Å². The Kier molecular flexibility index (Phi) is 4.37. The molecular weight excluding hydrogens is 326 g/mol. The van der Waals surface area contributed by atoms with E-state index in [4.69, 9.17) is 16.3 Å². The van der Waals surface area contributed by atoms with Gasteiger partial charge in [0.2, 0.25) is 0 Å². The Hall–Kier alpha value is -1.55. The standard InChI is InChI=1S/C19H24ClNO3/c1-18(2)8-15-9-19(3,11-18)12-21(15)16(22)10-24-17(23)13-5-4-6-14(20)7-13/h4-7,15H,8-12H2,1-3H3/t15-,19-/m1/s1. The average Bonchev–Trinajstić information content (AvgIpc) is 2.73. The molecule has 1 amide bonds. The lowest BCUT2D eigenvalue weighted by Gasteiger charge is -2.39. The topological polar surface area (TPSA) is 46.6 Å². The average molecular weight is 350 g/mol. The number of benzene rings is 1. The second kappa shape index (κ2) is 6.07. The van der Waals surface area contributed by atoms with Crippen molar-refractivity contribution in [1.29, 1.82) is 0 Å². The lowest BCUT2D eigenvalue weighted by molar-refractivity contribution is -0.135. The molecule has 5 heteroatoms. The van der Waals surface area contributed by atoms with Gasteiger partial charge in [0.25, 0.3) is 5.91 Å². The zero-order chi connectivity index (χ0) is 17.5. The van der Waals surface area contributed by atoms with E-state index in [0.29, 0.717) is 10.6 Å². The maximum Gasteiger partial charge on any atom is 0.338 e. The van der Waals surface area contributed by atoms with Crippen LogP contribution in [0.4, 0.5) is 0 Å². The Morgan fingerprint density at radius 2 is 2.04 bits per heavy atom. The highest BCUT2D eigenvalue weighted by molar-refractivity contribution is 6.30. The molecule has 1 aliphatic carbocycles. The van der Waals surface area contributed by atoms with Crippen LogP contribution in [0.1, 0.15) is 50.4 Å². The molecule has 0 spiro atoms. The number of likely N-dealkylation sites (tertiary alicyclic amines) is 1. The summed E-state index contributed by atoms with van der Waals surface area (Å²) in [7, 11) is 0. The molecule has 0 N–H and O–H groups in total. The van der Waals surface area contributed by atoms with E-state index in [9.17, 15) is 9.59 Å². The number of amides is 1. The molecule has 1 aliphatic heterocycles. The summed E-state index contributed by atoms with van der Waals surface area (Å²) in [5, 5.41) is 0.472. The van der Waals surface area contributed by atoms with Crippen LogP contribution in [0, 0.1) is 10.8 Å². The number of ether oxygens (including phenoxy) is 1. The number of fused-ring (bicyclic) bond motifs is 2. The fourth-order valence-electron chi connectivity index (χ4n) is 4.66. The first kappa shape index (κ1) is 17.3. The lowest BCUT2D eigenvalue weighted by Crippen LogP contribution is -2.39. The zero-order valence-corrected chi connectivity index (χ0v) is 15.2. The summed E-state index contributed by atoms with van der Waals surface area (Å²) in [6, 6.07) is 6.81. The second-order valence-electron chi connectivity index (χ2n) is 8.32. The van der Waals surface area contributed by atoms with Gasteiger partial charge in [-0.1, -0.05) is 38.4 Å². The number of rotatable bonds is 3. The molecule has 0 radical (unpaired) electrons. The van der Waals surface area contributed by atoms with E-state index in [-0.39, 0.29) is 29.4 Å². The maximum absolute atomic E-state index is 12.6. The van der Waals surface area contributed by atoms with E-state index in [1.807, 2.05) is 4.90 Å². The van der Waals surface area contributed by atoms with Gasteiger partial charge in [0.1, 0.15) is 0 Å². The van der Waals surface area contributed by atoms with Crippen LogP contribution >= 0.6 is 11.6 Å². The first-order valence-corrected chi connectivity index (χ1v) is 8.78. The molecule has 130 valence electrons. The summed E-state index contributed by atoms with van der Waals surface area (Å²) in [5.41, 5.74) is 0.798. The number of hydrogen-bond acceptors (Lipinski definition) is 3. The molecule has 3 rings (SSSR count). The van der Waals surface area contributed by atoms with Crippen molar-refractivity contribution in [2.24, 2.45) is 10.8 Å². The number of halogens is 1. The van der Waals surface area contributed by atoms with E-state index in [0.717, 1.165) is 25.8 Å². The van der Waals surface area contributed by atoms with Gasteiger partial charge in [-0.2, -0.15) is 0 Å². The van der Waals surface area contributed by atoms with Crippen molar-refractivity contribution in [3.05, 3.63) is 34.9 Å². The minimum absolute atomic E-state index is 0.100. The Balaban J connectivity index is 1.61. The largest absolute Gasteiger partial charge is 0.452 e. The number of carbonyl (C=O) groups excluding carboxylic acids is 2. The van der Waals surface area contributed by atoms with Gasteiger partial charge >= 0.3 is 5.97 Å². The monoisotopic (exact) mass is 349 g/mol. The SMILES string of the molecule is CC1(C)C[C@@H]2C[C@@](C)(CN2C(=O)COC(=O)c2cccc(Cl)c2)C1. The predicted octanol–water partition coefficient (Wildman–Crippen LogP) is 3.92. The van der Waals surface area contributed by atoms with Crippen LogP contribution in [0.25, 0.3) is 0 Å². The molecule has 4 nitrogen and oxygen atoms in total. The third kappa shape index (κ3) is 3.59. The summed E-state index contributed by atoms with van der Waals surface area (Å²) in [6.07, 6.45) is 3.18. The molecule has 0 unspecified atom stereocenters. The van der Waals surface area contributed by atoms with Gasteiger partial charge < -0.3 is 9.64 Å². The number of carbonyl (C=O) groups is 2. The number of hydrogen-bond donors (Lipinski definition) is 0. The molecule has 1 aromatic rings. The maximum atomic E-state index is 12.6. The van der Waals surface area contributed by atoms with Crippen molar-refractivity contribution in [2.75, 3.05) is 13.2 Å². The summed E-state index contributed by atoms with van der Waals surface area (Å²) in [4.78, 5) is 26.5. The molecule has 24 heavy (non-hydrogen) atoms. The summed E-state index contributed by atoms with van der Waals surface area (Å²) < 4.78 is 5.20. The summed E-state index contributed by atoms with van der Waals surface area (Å²) in [6.45, 7) is 7.34. The Morgan fingerprint density at radius 1 is 1.29 bits per heavy atom. The molecule has 2 bridgehead atoms. The van der Waals surface area contributed by atoms with Gasteiger partial charge in [-0.05, 0) is 48.3 Å². The zero-order valence-electron chi connectivity index (χ0n) is 14.5. The molecular formula is C19H24ClNO3. The molecule has 2 aliphatic rings. The summed E-state index contributed by atoms with van der Waals surface area (Å²) >= 11 is 5.88. The molecule has 1 aromatic carbocycles. The summed E-state index contributed by atoms with van der Waals surface area (Å²) in [5.74, 6) is -0.614. The van der Waals surface area contributed by atoms with Crippen LogP contribution in [0.15, 0.2) is 24.3 Å². The Morgan fingerprint density at radius 3 is 2.75 bits per heavy atom. The predicted molar refractivity (Wildman–Crippen MR) is 93.0 cm³/mol. The van der Waals surface area contributed by atoms with Gasteiger partial charge in [-0.3, -0.25) is 4.79 Å². The van der Waals surface area contributed by atoms with Crippen molar-refractivity contribution >= 4 is 23.5 Å². The highest BCUT2D eigenvalue weighted by Gasteiger charge is 2.50. The van der Waals surface area contributed by atoms with Crippen molar-refractivity contribution in [1.82, 2.24) is 4.90 Å². The van der Waals surface area contributed by atoms with Crippen LogP contribution in [0.5, 0.6) is 0 Å². The lowest BCUT2D eigenvalue weighted by atomic mass is 9.65. The number of esters is 1. The van der Waals surface area contributed by atoms with Crippen LogP contribution in [0.2, 0.25) is 5.02 Å². The van der Waals surface area contributed by atoms with Gasteiger partial charge in [-0.15, -0.1) is 0 Å². The molecule has 1 saturated carbocycles. The Bertz CT molecular complexity index is 672. The van der Waals surface area contributed by atoms with Gasteiger partial charge in [-0.25, -0.2) is 4.79 Å². The first-order valence-electron chi connectivity index (χ1n) is 8.40. The number of nitrogens with zero attached hydrogens (tertiary/aromatic N) is 1. The fourth-order valence-corrected chi connectivity index (χ4v) is 4.85. The smallest absolute Gasteiger partial charge is 0.338 e. The van der Waals surface area contributed by atoms with Crippen LogP contribution in [0.3, 0.4) is 0 Å². The van der Waals surface area contributed by atoms with Gasteiger partial charge in [0, 0.05) is 17.6 Å².